The van der Waals surface area contributed by atoms with Crippen molar-refractivity contribution in [2.75, 3.05) is 26.1 Å². The third kappa shape index (κ3) is 5.54. The molecule has 0 bridgehead atoms. The number of hydrogen-bond acceptors (Lipinski definition) is 6. The minimum absolute atomic E-state index is 0.0106. The number of carbonyl (C=O) groups is 2. The normalized spacial score (nSPS) is 11.4. The number of nitrogens with zero attached hydrogens (tertiary/aromatic N) is 1. The highest BCUT2D eigenvalue weighted by Crippen LogP contribution is 2.23. The molecule has 0 heterocycles. The van der Waals surface area contributed by atoms with Gasteiger partial charge in [0.1, 0.15) is 0 Å². The first-order chi connectivity index (χ1) is 13.6. The maximum absolute atomic E-state index is 12.3. The second-order valence-corrected chi connectivity index (χ2v) is 8.51. The van der Waals surface area contributed by atoms with Crippen molar-refractivity contribution in [2.45, 2.75) is 18.7 Å². The summed E-state index contributed by atoms with van der Waals surface area (Å²) < 4.78 is 30.2. The molecule has 8 nitrogen and oxygen atoms in total. The van der Waals surface area contributed by atoms with Crippen molar-refractivity contribution in [1.82, 2.24) is 4.47 Å². The largest absolute Gasteiger partial charge is 0.452 e. The summed E-state index contributed by atoms with van der Waals surface area (Å²) in [5.41, 5.74) is 2.47. The maximum Gasteiger partial charge on any atom is 0.340 e. The van der Waals surface area contributed by atoms with Gasteiger partial charge in [-0.05, 0) is 55.3 Å². The van der Waals surface area contributed by atoms with E-state index in [4.69, 9.17) is 21.2 Å². The van der Waals surface area contributed by atoms with Gasteiger partial charge in [-0.3, -0.25) is 9.63 Å². The van der Waals surface area contributed by atoms with Crippen LogP contribution in [0, 0.1) is 13.8 Å². The lowest BCUT2D eigenvalue weighted by Gasteiger charge is -2.15. The molecule has 0 unspecified atom stereocenters. The van der Waals surface area contributed by atoms with Crippen LogP contribution in [-0.4, -0.2) is 45.5 Å². The second kappa shape index (κ2) is 9.36. The number of ether oxygens (including phenoxy) is 1. The Hall–Kier alpha value is -2.46. The van der Waals surface area contributed by atoms with Crippen LogP contribution in [0.15, 0.2) is 41.3 Å². The monoisotopic (exact) mass is 440 g/mol. The summed E-state index contributed by atoms with van der Waals surface area (Å²) in [5.74, 6) is -1.47. The summed E-state index contributed by atoms with van der Waals surface area (Å²) in [6, 6.07) is 8.95. The number of sulfonamides is 1. The molecular weight excluding hydrogens is 420 g/mol. The topological polar surface area (TPSA) is 102 Å². The van der Waals surface area contributed by atoms with E-state index in [0.29, 0.717) is 10.2 Å². The van der Waals surface area contributed by atoms with Gasteiger partial charge in [0.05, 0.1) is 22.6 Å². The number of anilines is 1. The Morgan fingerprint density at radius 3 is 2.41 bits per heavy atom. The molecule has 2 rings (SSSR count). The molecule has 0 aliphatic rings. The molecule has 0 aliphatic heterocycles. The van der Waals surface area contributed by atoms with Crippen molar-refractivity contribution in [1.29, 1.82) is 0 Å². The van der Waals surface area contributed by atoms with Crippen LogP contribution in [0.5, 0.6) is 0 Å². The average Bonchev–Trinajstić information content (AvgIpc) is 2.68. The molecule has 2 aromatic carbocycles. The Morgan fingerprint density at radius 1 is 1.10 bits per heavy atom. The molecule has 0 saturated heterocycles. The highest BCUT2D eigenvalue weighted by Gasteiger charge is 2.24. The van der Waals surface area contributed by atoms with Crippen LogP contribution in [0.25, 0.3) is 0 Å². The fourth-order valence-corrected chi connectivity index (χ4v) is 3.49. The quantitative estimate of drug-likeness (QED) is 0.524. The summed E-state index contributed by atoms with van der Waals surface area (Å²) in [4.78, 5) is 28.8. The number of rotatable bonds is 7. The molecule has 156 valence electrons. The van der Waals surface area contributed by atoms with E-state index in [0.717, 1.165) is 17.2 Å². The fraction of sp³-hybridized carbons (Fsp3) is 0.263. The van der Waals surface area contributed by atoms with E-state index in [1.165, 1.54) is 26.3 Å². The fourth-order valence-electron chi connectivity index (χ4n) is 2.29. The SMILES string of the molecule is CON(C)S(=O)(=O)c1ccc(Cl)c(C(=O)OCC(=O)Nc2ccc(C)c(C)c2)c1. The van der Waals surface area contributed by atoms with Gasteiger partial charge in [0, 0.05) is 12.7 Å². The van der Waals surface area contributed by atoms with Crippen LogP contribution in [0.3, 0.4) is 0 Å². The van der Waals surface area contributed by atoms with Gasteiger partial charge in [-0.1, -0.05) is 22.1 Å². The smallest absolute Gasteiger partial charge is 0.340 e. The van der Waals surface area contributed by atoms with E-state index in [9.17, 15) is 18.0 Å². The van der Waals surface area contributed by atoms with Crippen LogP contribution < -0.4 is 5.32 Å². The summed E-state index contributed by atoms with van der Waals surface area (Å²) in [5, 5.41) is 2.61. The van der Waals surface area contributed by atoms with Crippen LogP contribution in [0.2, 0.25) is 5.02 Å². The van der Waals surface area contributed by atoms with Gasteiger partial charge in [-0.15, -0.1) is 0 Å². The van der Waals surface area contributed by atoms with Crippen molar-refractivity contribution in [3.8, 4) is 0 Å². The Labute approximate surface area is 174 Å². The Bertz CT molecular complexity index is 1040. The molecule has 2 aromatic rings. The molecule has 29 heavy (non-hydrogen) atoms. The molecule has 1 amide bonds. The van der Waals surface area contributed by atoms with Crippen molar-refractivity contribution in [3.05, 3.63) is 58.1 Å². The maximum atomic E-state index is 12.3. The van der Waals surface area contributed by atoms with E-state index in [1.54, 1.807) is 12.1 Å². The third-order valence-electron chi connectivity index (χ3n) is 4.18. The molecule has 0 atom stereocenters. The number of hydroxylamine groups is 1. The van der Waals surface area contributed by atoms with Gasteiger partial charge in [0.15, 0.2) is 6.61 Å². The summed E-state index contributed by atoms with van der Waals surface area (Å²) in [6.45, 7) is 3.30. The van der Waals surface area contributed by atoms with E-state index in [-0.39, 0.29) is 15.5 Å². The third-order valence-corrected chi connectivity index (χ3v) is 6.18. The summed E-state index contributed by atoms with van der Waals surface area (Å²) >= 11 is 5.99. The lowest BCUT2D eigenvalue weighted by molar-refractivity contribution is -0.119. The van der Waals surface area contributed by atoms with Crippen LogP contribution in [-0.2, 0) is 24.4 Å². The number of halogens is 1. The van der Waals surface area contributed by atoms with Crippen LogP contribution >= 0.6 is 11.6 Å². The molecule has 10 heteroatoms. The average molecular weight is 441 g/mol. The van der Waals surface area contributed by atoms with Gasteiger partial charge >= 0.3 is 5.97 Å². The first-order valence-electron chi connectivity index (χ1n) is 8.43. The molecule has 0 radical (unpaired) electrons. The standard InChI is InChI=1S/C19H21ClN2O6S/c1-12-5-6-14(9-13(12)2)21-18(23)11-28-19(24)16-10-15(7-8-17(16)20)29(25,26)22(3)27-4/h5-10H,11H2,1-4H3,(H,21,23). The number of carbonyl (C=O) groups excluding carboxylic acids is 2. The van der Waals surface area contributed by atoms with Gasteiger partial charge < -0.3 is 10.1 Å². The Kier molecular flexibility index (Phi) is 7.37. The number of benzene rings is 2. The van der Waals surface area contributed by atoms with Crippen LogP contribution in [0.1, 0.15) is 21.5 Å². The van der Waals surface area contributed by atoms with Crippen molar-refractivity contribution in [2.24, 2.45) is 0 Å². The first kappa shape index (κ1) is 22.8. The van der Waals surface area contributed by atoms with Crippen LogP contribution in [0.4, 0.5) is 5.69 Å². The number of esters is 1. The Balaban J connectivity index is 2.09. The van der Waals surface area contributed by atoms with Gasteiger partial charge in [0.2, 0.25) is 0 Å². The Morgan fingerprint density at radius 2 is 1.79 bits per heavy atom. The second-order valence-electron chi connectivity index (χ2n) is 6.16. The van der Waals surface area contributed by atoms with E-state index in [1.807, 2.05) is 19.9 Å². The minimum atomic E-state index is -3.98. The van der Waals surface area contributed by atoms with Gasteiger partial charge in [-0.2, -0.15) is 0 Å². The molecule has 1 N–H and O–H groups in total. The number of nitrogens with one attached hydrogen (secondary N) is 1. The molecule has 0 spiro atoms. The summed E-state index contributed by atoms with van der Waals surface area (Å²) in [6.07, 6.45) is 0. The lowest BCUT2D eigenvalue weighted by Crippen LogP contribution is -2.26. The predicted molar refractivity (Wildman–Crippen MR) is 108 cm³/mol. The minimum Gasteiger partial charge on any atom is -0.452 e. The molecular formula is C19H21ClN2O6S. The van der Waals surface area contributed by atoms with E-state index >= 15 is 0 Å². The number of hydrogen-bond donors (Lipinski definition) is 1. The highest BCUT2D eigenvalue weighted by atomic mass is 35.5. The van der Waals surface area contributed by atoms with E-state index < -0.39 is 28.5 Å². The molecule has 0 aromatic heterocycles. The highest BCUT2D eigenvalue weighted by molar-refractivity contribution is 7.89. The van der Waals surface area contributed by atoms with Gasteiger partial charge in [-0.25, -0.2) is 13.2 Å². The van der Waals surface area contributed by atoms with Crippen molar-refractivity contribution >= 4 is 39.2 Å². The molecule has 0 aliphatic carbocycles. The summed E-state index contributed by atoms with van der Waals surface area (Å²) in [7, 11) is -1.58. The lowest BCUT2D eigenvalue weighted by atomic mass is 10.1. The zero-order valence-electron chi connectivity index (χ0n) is 16.4. The van der Waals surface area contributed by atoms with Crippen molar-refractivity contribution in [3.63, 3.8) is 0 Å². The van der Waals surface area contributed by atoms with E-state index in [2.05, 4.69) is 5.32 Å². The first-order valence-corrected chi connectivity index (χ1v) is 10.2. The molecule has 0 fully saturated rings. The zero-order chi connectivity index (χ0) is 21.8. The molecule has 0 saturated carbocycles. The predicted octanol–water partition coefficient (Wildman–Crippen LogP) is 2.93. The van der Waals surface area contributed by atoms with Crippen molar-refractivity contribution < 1.29 is 27.6 Å². The number of amides is 1. The number of aryl methyl sites for hydroxylation is 2. The van der Waals surface area contributed by atoms with Gasteiger partial charge in [0.25, 0.3) is 15.9 Å². The zero-order valence-corrected chi connectivity index (χ0v) is 17.9.